The number of aromatic nitrogens is 2. The molecule has 0 aliphatic carbocycles. The number of benzene rings is 1. The third-order valence-corrected chi connectivity index (χ3v) is 4.17. The number of aryl methyl sites for hydroxylation is 1. The quantitative estimate of drug-likeness (QED) is 0.473. The van der Waals surface area contributed by atoms with Crippen LogP contribution >= 0.6 is 22.6 Å². The van der Waals surface area contributed by atoms with Gasteiger partial charge in [0.25, 0.3) is 0 Å². The molecule has 22 heavy (non-hydrogen) atoms. The Morgan fingerprint density at radius 1 is 1.18 bits per heavy atom. The Kier molecular flexibility index (Phi) is 3.94. The van der Waals surface area contributed by atoms with Crippen molar-refractivity contribution in [2.24, 2.45) is 0 Å². The first-order chi connectivity index (χ1) is 10.5. The average molecular weight is 412 g/mol. The molecule has 0 aliphatic rings. The molecule has 112 valence electrons. The molecule has 0 fully saturated rings. The Morgan fingerprint density at radius 3 is 2.64 bits per heavy atom. The maximum atomic E-state index is 14.2. The van der Waals surface area contributed by atoms with E-state index in [0.29, 0.717) is 21.2 Å². The second-order valence-electron chi connectivity index (χ2n) is 4.89. The van der Waals surface area contributed by atoms with E-state index in [1.165, 1.54) is 18.2 Å². The van der Waals surface area contributed by atoms with Gasteiger partial charge in [-0.2, -0.15) is 0 Å². The van der Waals surface area contributed by atoms with Crippen molar-refractivity contribution in [1.82, 2.24) is 9.55 Å². The fourth-order valence-electron chi connectivity index (χ4n) is 2.39. The van der Waals surface area contributed by atoms with Crippen LogP contribution in [0.2, 0.25) is 0 Å². The molecule has 0 atom stereocenters. The van der Waals surface area contributed by atoms with Gasteiger partial charge in [0.15, 0.2) is 5.43 Å². The highest BCUT2D eigenvalue weighted by molar-refractivity contribution is 14.1. The highest BCUT2D eigenvalue weighted by atomic mass is 127. The normalized spacial score (nSPS) is 11.1. The van der Waals surface area contributed by atoms with Crippen LogP contribution in [0.5, 0.6) is 0 Å². The molecule has 0 spiro atoms. The number of pyridine rings is 2. The molecule has 3 aromatic rings. The summed E-state index contributed by atoms with van der Waals surface area (Å²) in [5.74, 6) is -1.35. The minimum absolute atomic E-state index is 0.168. The summed E-state index contributed by atoms with van der Waals surface area (Å²) in [7, 11) is 0. The molecule has 0 bridgehead atoms. The van der Waals surface area contributed by atoms with Gasteiger partial charge in [0.05, 0.1) is 16.8 Å². The van der Waals surface area contributed by atoms with Gasteiger partial charge in [0.1, 0.15) is 17.3 Å². The highest BCUT2D eigenvalue weighted by Gasteiger charge is 2.14. The van der Waals surface area contributed by atoms with Crippen LogP contribution in [0.25, 0.3) is 16.7 Å². The zero-order valence-electron chi connectivity index (χ0n) is 11.6. The maximum Gasteiger partial charge on any atom is 0.191 e. The van der Waals surface area contributed by atoms with E-state index < -0.39 is 11.6 Å². The lowest BCUT2D eigenvalue weighted by molar-refractivity contribution is 0.577. The minimum atomic E-state index is -0.699. The van der Waals surface area contributed by atoms with Gasteiger partial charge in [0.2, 0.25) is 0 Å². The Balaban J connectivity index is 2.44. The Morgan fingerprint density at radius 2 is 1.95 bits per heavy atom. The fourth-order valence-corrected chi connectivity index (χ4v) is 2.82. The largest absolute Gasteiger partial charge is 0.295 e. The third kappa shape index (κ3) is 2.51. The van der Waals surface area contributed by atoms with Crippen molar-refractivity contribution in [2.45, 2.75) is 11.4 Å². The van der Waals surface area contributed by atoms with Crippen molar-refractivity contribution in [3.05, 3.63) is 69.6 Å². The molecule has 3 nitrogen and oxygen atoms in total. The van der Waals surface area contributed by atoms with Gasteiger partial charge in [-0.15, -0.1) is 0 Å². The van der Waals surface area contributed by atoms with Crippen LogP contribution in [-0.4, -0.2) is 9.55 Å². The summed E-state index contributed by atoms with van der Waals surface area (Å²) < 4.78 is 29.5. The minimum Gasteiger partial charge on any atom is -0.295 e. The first kappa shape index (κ1) is 15.1. The first-order valence-corrected chi connectivity index (χ1v) is 8.07. The lowest BCUT2D eigenvalue weighted by Crippen LogP contribution is -2.13. The van der Waals surface area contributed by atoms with Gasteiger partial charge in [-0.1, -0.05) is 22.6 Å². The number of alkyl halides is 1. The van der Waals surface area contributed by atoms with Gasteiger partial charge < -0.3 is 0 Å². The smallest absolute Gasteiger partial charge is 0.191 e. The first-order valence-electron chi connectivity index (χ1n) is 6.55. The molecule has 1 aromatic carbocycles. The third-order valence-electron chi connectivity index (χ3n) is 3.39. The molecule has 0 saturated heterocycles. The average Bonchev–Trinajstić information content (AvgIpc) is 2.48. The van der Waals surface area contributed by atoms with E-state index in [9.17, 15) is 13.6 Å². The van der Waals surface area contributed by atoms with Crippen molar-refractivity contribution in [2.75, 3.05) is 0 Å². The molecule has 0 aliphatic heterocycles. The zero-order chi connectivity index (χ0) is 15.9. The number of hydrogen-bond donors (Lipinski definition) is 0. The molecule has 3 rings (SSSR count). The van der Waals surface area contributed by atoms with Crippen LogP contribution < -0.4 is 5.43 Å². The monoisotopic (exact) mass is 412 g/mol. The van der Waals surface area contributed by atoms with E-state index in [1.807, 2.05) is 0 Å². The zero-order valence-corrected chi connectivity index (χ0v) is 13.8. The number of rotatable bonds is 2. The number of fused-ring (bicyclic) bond motifs is 1. The molecule has 0 amide bonds. The van der Waals surface area contributed by atoms with E-state index in [1.54, 1.807) is 23.6 Å². The van der Waals surface area contributed by atoms with Crippen LogP contribution in [0.3, 0.4) is 0 Å². The van der Waals surface area contributed by atoms with Gasteiger partial charge in [-0.3, -0.25) is 9.36 Å². The van der Waals surface area contributed by atoms with Crippen LogP contribution in [0.15, 0.2) is 41.2 Å². The SMILES string of the molecule is Cc1cc(=O)c2ccc(CI)nc2n1-c1ccc(F)cc1F. The summed E-state index contributed by atoms with van der Waals surface area (Å²) in [4.78, 5) is 16.6. The van der Waals surface area contributed by atoms with Gasteiger partial charge in [-0.25, -0.2) is 13.8 Å². The van der Waals surface area contributed by atoms with Gasteiger partial charge >= 0.3 is 0 Å². The predicted octanol–water partition coefficient (Wildman–Crippen LogP) is 3.91. The summed E-state index contributed by atoms with van der Waals surface area (Å²) in [5, 5.41) is 0.405. The van der Waals surface area contributed by atoms with Crippen LogP contribution in [0.1, 0.15) is 11.4 Å². The molecule has 0 saturated carbocycles. The number of halogens is 3. The van der Waals surface area contributed by atoms with Gasteiger partial charge in [-0.05, 0) is 31.2 Å². The standard InChI is InChI=1S/C16H11F2IN2O/c1-9-6-15(22)12-4-3-11(8-19)20-16(12)21(9)14-5-2-10(17)7-13(14)18/h2-7H,8H2,1H3. The molecular weight excluding hydrogens is 401 g/mol. The lowest BCUT2D eigenvalue weighted by Gasteiger charge is -2.15. The van der Waals surface area contributed by atoms with Crippen LogP contribution in [0, 0.1) is 18.6 Å². The van der Waals surface area contributed by atoms with Crippen molar-refractivity contribution in [3.63, 3.8) is 0 Å². The molecule has 6 heteroatoms. The molecule has 0 N–H and O–H groups in total. The molecule has 0 radical (unpaired) electrons. The molecule has 0 unspecified atom stereocenters. The summed E-state index contributed by atoms with van der Waals surface area (Å²) in [6, 6.07) is 8.24. The second-order valence-corrected chi connectivity index (χ2v) is 5.65. The van der Waals surface area contributed by atoms with E-state index in [2.05, 4.69) is 27.6 Å². The van der Waals surface area contributed by atoms with E-state index in [4.69, 9.17) is 0 Å². The van der Waals surface area contributed by atoms with Crippen molar-refractivity contribution in [3.8, 4) is 5.69 Å². The summed E-state index contributed by atoms with van der Waals surface area (Å²) in [6.45, 7) is 1.70. The van der Waals surface area contributed by atoms with Crippen molar-refractivity contribution < 1.29 is 8.78 Å². The van der Waals surface area contributed by atoms with Crippen molar-refractivity contribution >= 4 is 33.6 Å². The molecule has 2 heterocycles. The lowest BCUT2D eigenvalue weighted by atomic mass is 10.2. The summed E-state index contributed by atoms with van der Waals surface area (Å²) in [6.07, 6.45) is 0. The van der Waals surface area contributed by atoms with Gasteiger partial charge in [0, 0.05) is 22.3 Å². The Hall–Kier alpha value is -1.83. The predicted molar refractivity (Wildman–Crippen MR) is 89.7 cm³/mol. The van der Waals surface area contributed by atoms with Crippen molar-refractivity contribution in [1.29, 1.82) is 0 Å². The topological polar surface area (TPSA) is 34.9 Å². The van der Waals surface area contributed by atoms with E-state index in [0.717, 1.165) is 11.8 Å². The van der Waals surface area contributed by atoms with E-state index >= 15 is 0 Å². The number of nitrogens with zero attached hydrogens (tertiary/aromatic N) is 2. The molecular formula is C16H11F2IN2O. The maximum absolute atomic E-state index is 14.2. The van der Waals surface area contributed by atoms with Crippen LogP contribution in [-0.2, 0) is 4.43 Å². The summed E-state index contributed by atoms with van der Waals surface area (Å²) in [5.41, 5.74) is 1.71. The number of hydrogen-bond acceptors (Lipinski definition) is 2. The second kappa shape index (κ2) is 5.75. The van der Waals surface area contributed by atoms with Crippen LogP contribution in [0.4, 0.5) is 8.78 Å². The molecule has 2 aromatic heterocycles. The fraction of sp³-hybridized carbons (Fsp3) is 0.125. The van der Waals surface area contributed by atoms with E-state index in [-0.39, 0.29) is 11.1 Å². The highest BCUT2D eigenvalue weighted by Crippen LogP contribution is 2.21. The summed E-state index contributed by atoms with van der Waals surface area (Å²) >= 11 is 2.17. The Labute approximate surface area is 138 Å². The Bertz CT molecular complexity index is 937.